The molecule has 200 valence electrons. The van der Waals surface area contributed by atoms with Gasteiger partial charge in [-0.05, 0) is 87.4 Å². The fraction of sp³-hybridized carbons (Fsp3) is 0.517. The van der Waals surface area contributed by atoms with Gasteiger partial charge >= 0.3 is 6.03 Å². The zero-order chi connectivity index (χ0) is 26.2. The number of urea groups is 1. The summed E-state index contributed by atoms with van der Waals surface area (Å²) >= 11 is 0. The minimum Gasteiger partial charge on any atom is -0.395 e. The Kier molecular flexibility index (Phi) is 9.66. The highest BCUT2D eigenvalue weighted by molar-refractivity contribution is 5.96. The summed E-state index contributed by atoms with van der Waals surface area (Å²) in [6, 6.07) is 13.5. The van der Waals surface area contributed by atoms with Gasteiger partial charge in [0.2, 0.25) is 0 Å². The summed E-state index contributed by atoms with van der Waals surface area (Å²) in [5.41, 5.74) is 2.32. The molecule has 0 aromatic heterocycles. The smallest absolute Gasteiger partial charge is 0.319 e. The van der Waals surface area contributed by atoms with Crippen LogP contribution in [-0.2, 0) is 6.42 Å². The SMILES string of the molecule is CC(=O)c1cccc(NC(=O)N[C@H]2CN(CCO)CC[C@H]2CN2CCC[C@@H](Cc3ccc(F)cc3)C2)c1. The van der Waals surface area contributed by atoms with Crippen molar-refractivity contribution < 1.29 is 19.1 Å². The maximum absolute atomic E-state index is 13.3. The van der Waals surface area contributed by atoms with E-state index in [4.69, 9.17) is 0 Å². The van der Waals surface area contributed by atoms with E-state index in [1.54, 1.807) is 24.3 Å². The molecule has 2 amide bonds. The van der Waals surface area contributed by atoms with Crippen molar-refractivity contribution in [2.45, 2.75) is 38.6 Å². The van der Waals surface area contributed by atoms with Crippen molar-refractivity contribution in [2.75, 3.05) is 51.2 Å². The van der Waals surface area contributed by atoms with Gasteiger partial charge in [0.25, 0.3) is 0 Å². The molecule has 3 N–H and O–H groups in total. The van der Waals surface area contributed by atoms with Gasteiger partial charge in [-0.15, -0.1) is 0 Å². The Morgan fingerprint density at radius 2 is 1.86 bits per heavy atom. The van der Waals surface area contributed by atoms with Crippen LogP contribution in [0.5, 0.6) is 0 Å². The van der Waals surface area contributed by atoms with E-state index in [0.29, 0.717) is 36.2 Å². The van der Waals surface area contributed by atoms with Gasteiger partial charge in [-0.3, -0.25) is 9.69 Å². The molecule has 2 saturated heterocycles. The van der Waals surface area contributed by atoms with Crippen molar-refractivity contribution in [3.05, 3.63) is 65.5 Å². The van der Waals surface area contributed by atoms with E-state index in [2.05, 4.69) is 20.4 Å². The molecule has 2 heterocycles. The lowest BCUT2D eigenvalue weighted by Crippen LogP contribution is -2.56. The van der Waals surface area contributed by atoms with Crippen LogP contribution in [-0.4, -0.2) is 78.6 Å². The van der Waals surface area contributed by atoms with Gasteiger partial charge in [0.15, 0.2) is 5.78 Å². The van der Waals surface area contributed by atoms with E-state index in [1.807, 2.05) is 12.1 Å². The summed E-state index contributed by atoms with van der Waals surface area (Å²) in [7, 11) is 0. The fourth-order valence-corrected chi connectivity index (χ4v) is 5.72. The van der Waals surface area contributed by atoms with Crippen molar-refractivity contribution in [3.63, 3.8) is 0 Å². The number of aliphatic hydroxyl groups excluding tert-OH is 1. The topological polar surface area (TPSA) is 84.9 Å². The number of likely N-dealkylation sites (tertiary alicyclic amines) is 2. The number of nitrogens with zero attached hydrogens (tertiary/aromatic N) is 2. The lowest BCUT2D eigenvalue weighted by molar-refractivity contribution is 0.0814. The number of nitrogens with one attached hydrogen (secondary N) is 2. The second-order valence-electron chi connectivity index (χ2n) is 10.5. The average Bonchev–Trinajstić information content (AvgIpc) is 2.87. The molecule has 3 atom stereocenters. The van der Waals surface area contributed by atoms with E-state index in [1.165, 1.54) is 31.0 Å². The summed E-state index contributed by atoms with van der Waals surface area (Å²) in [5.74, 6) is 0.594. The highest BCUT2D eigenvalue weighted by atomic mass is 19.1. The Bertz CT molecular complexity index is 1050. The van der Waals surface area contributed by atoms with Crippen LogP contribution in [0, 0.1) is 17.7 Å². The number of hydrogen-bond acceptors (Lipinski definition) is 5. The molecule has 2 aromatic carbocycles. The molecule has 0 radical (unpaired) electrons. The van der Waals surface area contributed by atoms with Crippen LogP contribution in [0.1, 0.15) is 42.1 Å². The van der Waals surface area contributed by atoms with Gasteiger partial charge in [0.05, 0.1) is 6.61 Å². The number of β-amino-alcohol motifs (C(OH)–C–C–N with tert-alkyl or cyclic N) is 1. The average molecular weight is 511 g/mol. The van der Waals surface area contributed by atoms with Crippen LogP contribution in [0.4, 0.5) is 14.9 Å². The monoisotopic (exact) mass is 510 g/mol. The summed E-state index contributed by atoms with van der Waals surface area (Å²) in [6.45, 7) is 6.76. The molecule has 0 aliphatic carbocycles. The second kappa shape index (κ2) is 13.1. The number of benzene rings is 2. The molecule has 37 heavy (non-hydrogen) atoms. The maximum atomic E-state index is 13.3. The molecule has 2 aliphatic heterocycles. The predicted octanol–water partition coefficient (Wildman–Crippen LogP) is 3.79. The largest absolute Gasteiger partial charge is 0.395 e. The molecule has 2 aromatic rings. The molecular weight excluding hydrogens is 471 g/mol. The number of carbonyl (C=O) groups excluding carboxylic acids is 2. The number of halogens is 1. The first-order chi connectivity index (χ1) is 17.9. The third-order valence-electron chi connectivity index (χ3n) is 7.63. The normalized spacial score (nSPS) is 22.9. The fourth-order valence-electron chi connectivity index (χ4n) is 5.72. The quantitative estimate of drug-likeness (QED) is 0.447. The zero-order valence-corrected chi connectivity index (χ0v) is 21.7. The highest BCUT2D eigenvalue weighted by Crippen LogP contribution is 2.25. The summed E-state index contributed by atoms with van der Waals surface area (Å²) in [6.07, 6.45) is 4.21. The number of aliphatic hydroxyl groups is 1. The Hall–Kier alpha value is -2.81. The third-order valence-corrected chi connectivity index (χ3v) is 7.63. The molecule has 7 nitrogen and oxygen atoms in total. The summed E-state index contributed by atoms with van der Waals surface area (Å²) in [5, 5.41) is 15.5. The van der Waals surface area contributed by atoms with Gasteiger partial charge in [-0.1, -0.05) is 24.3 Å². The molecular formula is C29H39FN4O3. The zero-order valence-electron chi connectivity index (χ0n) is 21.7. The number of piperidine rings is 2. The Morgan fingerprint density at radius 1 is 1.05 bits per heavy atom. The second-order valence-corrected chi connectivity index (χ2v) is 10.5. The lowest BCUT2D eigenvalue weighted by Gasteiger charge is -2.42. The summed E-state index contributed by atoms with van der Waals surface area (Å²) in [4.78, 5) is 29.3. The van der Waals surface area contributed by atoms with Gasteiger partial charge in [0.1, 0.15) is 5.82 Å². The number of hydrogen-bond donors (Lipinski definition) is 3. The molecule has 2 fully saturated rings. The van der Waals surface area contributed by atoms with Crippen molar-refractivity contribution in [1.82, 2.24) is 15.1 Å². The molecule has 0 saturated carbocycles. The molecule has 0 spiro atoms. The molecule has 4 rings (SSSR count). The predicted molar refractivity (Wildman–Crippen MR) is 143 cm³/mol. The van der Waals surface area contributed by atoms with E-state index >= 15 is 0 Å². The van der Waals surface area contributed by atoms with Crippen LogP contribution in [0.2, 0.25) is 0 Å². The van der Waals surface area contributed by atoms with Crippen molar-refractivity contribution in [3.8, 4) is 0 Å². The lowest BCUT2D eigenvalue weighted by atomic mass is 9.87. The van der Waals surface area contributed by atoms with Crippen molar-refractivity contribution >= 4 is 17.5 Å². The molecule has 0 bridgehead atoms. The molecule has 0 unspecified atom stereocenters. The van der Waals surface area contributed by atoms with Crippen molar-refractivity contribution in [1.29, 1.82) is 0 Å². The first-order valence-electron chi connectivity index (χ1n) is 13.4. The maximum Gasteiger partial charge on any atom is 0.319 e. The van der Waals surface area contributed by atoms with E-state index in [-0.39, 0.29) is 30.3 Å². The number of amides is 2. The first kappa shape index (κ1) is 27.2. The van der Waals surface area contributed by atoms with E-state index in [0.717, 1.165) is 45.4 Å². The number of rotatable bonds is 9. The number of ketones is 1. The van der Waals surface area contributed by atoms with Gasteiger partial charge < -0.3 is 20.6 Å². The van der Waals surface area contributed by atoms with Crippen molar-refractivity contribution in [2.24, 2.45) is 11.8 Å². The molecule has 8 heteroatoms. The first-order valence-corrected chi connectivity index (χ1v) is 13.4. The van der Waals surface area contributed by atoms with Gasteiger partial charge in [-0.2, -0.15) is 0 Å². The van der Waals surface area contributed by atoms with Crippen LogP contribution in [0.3, 0.4) is 0 Å². The number of Topliss-reactive ketones (excluding diaryl/α,β-unsaturated/α-hetero) is 1. The van der Waals surface area contributed by atoms with Crippen LogP contribution >= 0.6 is 0 Å². The van der Waals surface area contributed by atoms with Crippen LogP contribution in [0.15, 0.2) is 48.5 Å². The Labute approximate surface area is 219 Å². The Morgan fingerprint density at radius 3 is 2.62 bits per heavy atom. The third kappa shape index (κ3) is 8.09. The summed E-state index contributed by atoms with van der Waals surface area (Å²) < 4.78 is 13.3. The van der Waals surface area contributed by atoms with E-state index < -0.39 is 0 Å². The minimum absolute atomic E-state index is 0.0460. The van der Waals surface area contributed by atoms with Gasteiger partial charge in [0, 0.05) is 43.5 Å². The van der Waals surface area contributed by atoms with Gasteiger partial charge in [-0.25, -0.2) is 9.18 Å². The van der Waals surface area contributed by atoms with Crippen LogP contribution < -0.4 is 10.6 Å². The highest BCUT2D eigenvalue weighted by Gasteiger charge is 2.33. The molecule has 2 aliphatic rings. The van der Waals surface area contributed by atoms with E-state index in [9.17, 15) is 19.1 Å². The Balaban J connectivity index is 1.36. The number of carbonyl (C=O) groups is 2. The minimum atomic E-state index is -0.283. The number of anilines is 1. The standard InChI is InChI=1S/C29H39FN4O3/c1-21(36)24-5-2-6-27(17-24)31-29(37)32-28-20-33(14-15-35)13-11-25(28)19-34-12-3-4-23(18-34)16-22-7-9-26(30)10-8-22/h2,5-10,17,23,25,28,35H,3-4,11-16,18-20H2,1H3,(H2,31,32,37)/t23-,25-,28-/m0/s1. The van der Waals surface area contributed by atoms with Crippen LogP contribution in [0.25, 0.3) is 0 Å².